The molecule has 4 rings (SSSR count). The first kappa shape index (κ1) is 24.0. The molecule has 136 valence electrons. The third-order valence-corrected chi connectivity index (χ3v) is 7.11. The second-order valence-corrected chi connectivity index (χ2v) is 9.37. The van der Waals surface area contributed by atoms with E-state index in [1.165, 1.54) is 38.5 Å². The summed E-state index contributed by atoms with van der Waals surface area (Å²) in [5.41, 5.74) is 1.29. The molecule has 1 nitrogen and oxygen atoms in total. The molecule has 0 aliphatic heterocycles. The summed E-state index contributed by atoms with van der Waals surface area (Å²) in [6, 6.07) is 0. The summed E-state index contributed by atoms with van der Waals surface area (Å²) in [6.45, 7) is 14.4. The van der Waals surface area contributed by atoms with Crippen LogP contribution in [0.4, 0.5) is 0 Å². The molecule has 0 aromatic carbocycles. The van der Waals surface area contributed by atoms with Gasteiger partial charge in [-0.3, -0.25) is 0 Å². The van der Waals surface area contributed by atoms with Crippen LogP contribution in [-0.4, -0.2) is 0 Å². The molecule has 0 amide bonds. The molecule has 0 saturated heterocycles. The Hall–Kier alpha value is 0.999. The van der Waals surface area contributed by atoms with Crippen molar-refractivity contribution in [2.75, 3.05) is 0 Å². The molecule has 4 unspecified atom stereocenters. The SMILES string of the molecule is CC1CCC2[C-](C1)C2(C)C.CC1CCC2[C-](C1)C2(C)C.[Fe+2].[Fe+2].[O-2]. The van der Waals surface area contributed by atoms with E-state index >= 15 is 0 Å². The van der Waals surface area contributed by atoms with Crippen LogP contribution in [0.25, 0.3) is 0 Å². The van der Waals surface area contributed by atoms with Gasteiger partial charge in [-0.15, -0.1) is 0 Å². The Morgan fingerprint density at radius 3 is 1.17 bits per heavy atom. The van der Waals surface area contributed by atoms with E-state index in [-0.39, 0.29) is 39.6 Å². The Labute approximate surface area is 165 Å². The van der Waals surface area contributed by atoms with E-state index in [2.05, 4.69) is 41.5 Å². The van der Waals surface area contributed by atoms with Gasteiger partial charge >= 0.3 is 34.1 Å². The zero-order valence-electron chi connectivity index (χ0n) is 15.7. The molecule has 4 aliphatic rings. The van der Waals surface area contributed by atoms with Crippen molar-refractivity contribution < 1.29 is 39.6 Å². The molecule has 23 heavy (non-hydrogen) atoms. The van der Waals surface area contributed by atoms with Gasteiger partial charge in [0.1, 0.15) is 0 Å². The zero-order valence-corrected chi connectivity index (χ0v) is 17.9. The van der Waals surface area contributed by atoms with E-state index in [1.54, 1.807) is 0 Å². The first-order valence-corrected chi connectivity index (χ1v) is 8.97. The van der Waals surface area contributed by atoms with E-state index in [1.807, 2.05) is 11.8 Å². The third-order valence-electron chi connectivity index (χ3n) is 7.11. The van der Waals surface area contributed by atoms with Gasteiger partial charge in [-0.05, 0) is 0 Å². The van der Waals surface area contributed by atoms with Gasteiger partial charge in [0.05, 0.1) is 0 Å². The molecule has 0 N–H and O–H groups in total. The average Bonchev–Trinajstić information content (AvgIpc) is 3.12. The minimum absolute atomic E-state index is 0. The summed E-state index contributed by atoms with van der Waals surface area (Å²) < 4.78 is 0. The van der Waals surface area contributed by atoms with Crippen molar-refractivity contribution >= 4 is 0 Å². The van der Waals surface area contributed by atoms with Crippen molar-refractivity contribution in [3.63, 3.8) is 0 Å². The molecule has 4 atom stereocenters. The van der Waals surface area contributed by atoms with E-state index in [4.69, 9.17) is 0 Å². The quantitative estimate of drug-likeness (QED) is 0.354. The molecule has 0 aromatic heterocycles. The minimum Gasteiger partial charge on any atom is -2.00 e. The van der Waals surface area contributed by atoms with Gasteiger partial charge in [-0.25, -0.2) is 0 Å². The van der Waals surface area contributed by atoms with Crippen LogP contribution in [0.5, 0.6) is 0 Å². The molecular formula is C20H34Fe2O. The summed E-state index contributed by atoms with van der Waals surface area (Å²) >= 11 is 0. The van der Waals surface area contributed by atoms with Crippen molar-refractivity contribution in [1.29, 1.82) is 0 Å². The summed E-state index contributed by atoms with van der Waals surface area (Å²) in [4.78, 5) is 0. The minimum atomic E-state index is 0. The normalized spacial score (nSPS) is 38.9. The fourth-order valence-electron chi connectivity index (χ4n) is 5.21. The smallest absolute Gasteiger partial charge is 2.00 e. The van der Waals surface area contributed by atoms with Crippen molar-refractivity contribution in [1.82, 2.24) is 0 Å². The van der Waals surface area contributed by atoms with Crippen molar-refractivity contribution in [2.45, 2.75) is 80.1 Å². The molecule has 4 fully saturated rings. The maximum absolute atomic E-state index is 2.41. The van der Waals surface area contributed by atoms with E-state index in [0.29, 0.717) is 10.8 Å². The van der Waals surface area contributed by atoms with E-state index in [9.17, 15) is 0 Å². The fraction of sp³-hybridized carbons (Fsp3) is 0.900. The Bertz CT molecular complexity index is 344. The number of hydrogen-bond donors (Lipinski definition) is 0. The molecule has 3 heteroatoms. The van der Waals surface area contributed by atoms with Crippen LogP contribution < -0.4 is 0 Å². The molecule has 4 aliphatic carbocycles. The van der Waals surface area contributed by atoms with Gasteiger partial charge < -0.3 is 17.3 Å². The van der Waals surface area contributed by atoms with Crippen LogP contribution in [0.15, 0.2) is 0 Å². The summed E-state index contributed by atoms with van der Waals surface area (Å²) in [5, 5.41) is 0. The Morgan fingerprint density at radius 2 is 0.957 bits per heavy atom. The molecule has 0 radical (unpaired) electrons. The molecule has 4 saturated carbocycles. The molecule has 0 bridgehead atoms. The van der Waals surface area contributed by atoms with Crippen LogP contribution in [0.3, 0.4) is 0 Å². The summed E-state index contributed by atoms with van der Waals surface area (Å²) in [7, 11) is 0. The predicted molar refractivity (Wildman–Crippen MR) is 87.7 cm³/mol. The van der Waals surface area contributed by atoms with Crippen molar-refractivity contribution in [3.8, 4) is 0 Å². The van der Waals surface area contributed by atoms with Gasteiger partial charge in [-0.1, -0.05) is 79.1 Å². The molecular weight excluding hydrogens is 368 g/mol. The maximum Gasteiger partial charge on any atom is 2.00 e. The molecule has 0 spiro atoms. The first-order valence-electron chi connectivity index (χ1n) is 8.97. The molecule has 0 aromatic rings. The van der Waals surface area contributed by atoms with Gasteiger partial charge in [0.15, 0.2) is 0 Å². The largest absolute Gasteiger partial charge is 2.00 e. The van der Waals surface area contributed by atoms with Gasteiger partial charge in [0, 0.05) is 0 Å². The van der Waals surface area contributed by atoms with Crippen LogP contribution in [0, 0.1) is 46.3 Å². The van der Waals surface area contributed by atoms with Crippen LogP contribution in [0.1, 0.15) is 80.1 Å². The first-order chi connectivity index (χ1) is 9.24. The fourth-order valence-corrected chi connectivity index (χ4v) is 5.21. The Balaban J connectivity index is 0.000000372. The summed E-state index contributed by atoms with van der Waals surface area (Å²) in [6.07, 6.45) is 8.75. The zero-order chi connectivity index (χ0) is 14.7. The second kappa shape index (κ2) is 8.13. The van der Waals surface area contributed by atoms with Gasteiger partial charge in [-0.2, -0.15) is 35.5 Å². The number of rotatable bonds is 0. The second-order valence-electron chi connectivity index (χ2n) is 9.37. The molecule has 0 heterocycles. The van der Waals surface area contributed by atoms with Crippen LogP contribution in [0.2, 0.25) is 0 Å². The van der Waals surface area contributed by atoms with Crippen LogP contribution >= 0.6 is 0 Å². The van der Waals surface area contributed by atoms with Gasteiger partial charge in [0.25, 0.3) is 0 Å². The number of fused-ring (bicyclic) bond motifs is 2. The van der Waals surface area contributed by atoms with E-state index in [0.717, 1.165) is 23.7 Å². The van der Waals surface area contributed by atoms with Crippen LogP contribution in [-0.2, 0) is 39.6 Å². The van der Waals surface area contributed by atoms with Crippen molar-refractivity contribution in [3.05, 3.63) is 11.8 Å². The predicted octanol–water partition coefficient (Wildman–Crippen LogP) is 5.95. The van der Waals surface area contributed by atoms with Gasteiger partial charge in [0.2, 0.25) is 0 Å². The third kappa shape index (κ3) is 4.59. The Morgan fingerprint density at radius 1 is 0.652 bits per heavy atom. The monoisotopic (exact) mass is 402 g/mol. The average molecular weight is 402 g/mol. The number of hydrogen-bond acceptors (Lipinski definition) is 0. The standard InChI is InChI=1S/2C10H17.2Fe.O/c2*1-7-4-5-8-9(6-7)10(8,2)3;;;/h2*7-8H,4-6H2,1-3H3;;;/q2*-1;2*+2;-2. The van der Waals surface area contributed by atoms with Crippen molar-refractivity contribution in [2.24, 2.45) is 34.5 Å². The van der Waals surface area contributed by atoms with E-state index < -0.39 is 0 Å². The Kier molecular flexibility index (Phi) is 8.48. The maximum atomic E-state index is 2.41. The summed E-state index contributed by atoms with van der Waals surface area (Å²) in [5.74, 6) is 7.73. The topological polar surface area (TPSA) is 28.5 Å².